The Kier molecular flexibility index (Phi) is 4.64. The minimum Gasteiger partial charge on any atom is -0.497 e. The molecule has 0 amide bonds. The molecule has 0 bridgehead atoms. The Morgan fingerprint density at radius 1 is 1.44 bits per heavy atom. The molecule has 18 heavy (non-hydrogen) atoms. The molecule has 1 fully saturated rings. The number of nitrogens with two attached hydrogens (primary N) is 1. The summed E-state index contributed by atoms with van der Waals surface area (Å²) in [6, 6.07) is 6.39. The molecule has 2 atom stereocenters. The quantitative estimate of drug-likeness (QED) is 0.802. The van der Waals surface area contributed by atoms with Crippen LogP contribution in [0.2, 0.25) is 0 Å². The van der Waals surface area contributed by atoms with Crippen LogP contribution in [0.5, 0.6) is 5.75 Å². The Labute approximate surface area is 113 Å². The lowest BCUT2D eigenvalue weighted by molar-refractivity contribution is 0.415. The van der Waals surface area contributed by atoms with Gasteiger partial charge in [-0.3, -0.25) is 0 Å². The molecule has 3 N–H and O–H groups in total. The molecule has 2 rings (SSSR count). The van der Waals surface area contributed by atoms with Crippen molar-refractivity contribution in [2.24, 2.45) is 0 Å². The zero-order valence-corrected chi connectivity index (χ0v) is 11.9. The predicted octanol–water partition coefficient (Wildman–Crippen LogP) is 3.36. The number of benzene rings is 1. The van der Waals surface area contributed by atoms with Crippen LogP contribution in [0.3, 0.4) is 0 Å². The number of rotatable bonds is 5. The highest BCUT2D eigenvalue weighted by Crippen LogP contribution is 2.33. The fourth-order valence-corrected chi connectivity index (χ4v) is 3.62. The largest absolute Gasteiger partial charge is 0.497 e. The van der Waals surface area contributed by atoms with E-state index in [4.69, 9.17) is 10.5 Å². The number of hydrogen-bond donors (Lipinski definition) is 2. The SMILES string of the molecule is CCSC1CCC(Nc2ccc(OC)cc2N)C1. The van der Waals surface area contributed by atoms with E-state index in [2.05, 4.69) is 24.0 Å². The van der Waals surface area contributed by atoms with Gasteiger partial charge in [-0.1, -0.05) is 6.92 Å². The summed E-state index contributed by atoms with van der Waals surface area (Å²) < 4.78 is 5.16. The molecule has 0 heterocycles. The van der Waals surface area contributed by atoms with Gasteiger partial charge in [-0.25, -0.2) is 0 Å². The molecule has 2 unspecified atom stereocenters. The molecule has 0 aliphatic heterocycles. The second-order valence-corrected chi connectivity index (χ2v) is 6.26. The van der Waals surface area contributed by atoms with E-state index in [-0.39, 0.29) is 0 Å². The van der Waals surface area contributed by atoms with Crippen LogP contribution >= 0.6 is 11.8 Å². The zero-order valence-electron chi connectivity index (χ0n) is 11.1. The summed E-state index contributed by atoms with van der Waals surface area (Å²) in [6.07, 6.45) is 3.79. The standard InChI is InChI=1S/C14H22N2OS/c1-3-18-12-6-4-10(8-12)16-14-7-5-11(17-2)9-13(14)15/h5,7,9-10,12,16H,3-4,6,8,15H2,1-2H3. The lowest BCUT2D eigenvalue weighted by atomic mass is 10.2. The number of methoxy groups -OCH3 is 1. The minimum atomic E-state index is 0.560. The van der Waals surface area contributed by atoms with Gasteiger partial charge in [0.2, 0.25) is 0 Å². The van der Waals surface area contributed by atoms with Gasteiger partial charge >= 0.3 is 0 Å². The van der Waals surface area contributed by atoms with Crippen molar-refractivity contribution in [1.29, 1.82) is 0 Å². The van der Waals surface area contributed by atoms with Gasteiger partial charge in [0.1, 0.15) is 5.75 Å². The van der Waals surface area contributed by atoms with Gasteiger partial charge in [0.15, 0.2) is 0 Å². The van der Waals surface area contributed by atoms with E-state index < -0.39 is 0 Å². The second kappa shape index (κ2) is 6.23. The Morgan fingerprint density at radius 3 is 2.94 bits per heavy atom. The third kappa shape index (κ3) is 3.25. The monoisotopic (exact) mass is 266 g/mol. The first-order chi connectivity index (χ1) is 8.72. The van der Waals surface area contributed by atoms with E-state index >= 15 is 0 Å². The van der Waals surface area contributed by atoms with Crippen LogP contribution in [0.25, 0.3) is 0 Å². The molecule has 1 aliphatic carbocycles. The molecule has 0 radical (unpaired) electrons. The Bertz CT molecular complexity index is 397. The fraction of sp³-hybridized carbons (Fsp3) is 0.571. The molecule has 1 aliphatic rings. The molecule has 1 aromatic carbocycles. The van der Waals surface area contributed by atoms with Gasteiger partial charge in [-0.15, -0.1) is 0 Å². The van der Waals surface area contributed by atoms with E-state index in [0.29, 0.717) is 6.04 Å². The maximum absolute atomic E-state index is 6.02. The van der Waals surface area contributed by atoms with Crippen LogP contribution in [0.4, 0.5) is 11.4 Å². The minimum absolute atomic E-state index is 0.560. The van der Waals surface area contributed by atoms with Crippen molar-refractivity contribution >= 4 is 23.1 Å². The van der Waals surface area contributed by atoms with E-state index in [1.807, 2.05) is 18.2 Å². The van der Waals surface area contributed by atoms with Crippen LogP contribution in [-0.2, 0) is 0 Å². The van der Waals surface area contributed by atoms with E-state index in [0.717, 1.165) is 22.4 Å². The average Bonchev–Trinajstić information content (AvgIpc) is 2.80. The van der Waals surface area contributed by atoms with Crippen molar-refractivity contribution < 1.29 is 4.74 Å². The second-order valence-electron chi connectivity index (χ2n) is 4.68. The Hall–Kier alpha value is -1.03. The summed E-state index contributed by atoms with van der Waals surface area (Å²) in [5, 5.41) is 4.37. The Morgan fingerprint density at radius 2 is 2.28 bits per heavy atom. The van der Waals surface area contributed by atoms with Gasteiger partial charge in [0.25, 0.3) is 0 Å². The first-order valence-corrected chi connectivity index (χ1v) is 7.59. The van der Waals surface area contributed by atoms with Crippen molar-refractivity contribution in [2.45, 2.75) is 37.5 Å². The Balaban J connectivity index is 1.94. The number of ether oxygens (including phenoxy) is 1. The molecule has 0 aromatic heterocycles. The topological polar surface area (TPSA) is 47.3 Å². The maximum Gasteiger partial charge on any atom is 0.121 e. The van der Waals surface area contributed by atoms with Crippen molar-refractivity contribution in [1.82, 2.24) is 0 Å². The van der Waals surface area contributed by atoms with Crippen LogP contribution in [0.15, 0.2) is 18.2 Å². The van der Waals surface area contributed by atoms with Crippen LogP contribution in [0.1, 0.15) is 26.2 Å². The smallest absolute Gasteiger partial charge is 0.121 e. The number of nitrogen functional groups attached to an aromatic ring is 1. The van der Waals surface area contributed by atoms with Crippen LogP contribution < -0.4 is 15.8 Å². The first kappa shape index (κ1) is 13.4. The normalized spacial score (nSPS) is 23.0. The molecular formula is C14H22N2OS. The highest BCUT2D eigenvalue weighted by atomic mass is 32.2. The van der Waals surface area contributed by atoms with Crippen molar-refractivity contribution in [2.75, 3.05) is 23.9 Å². The van der Waals surface area contributed by atoms with Gasteiger partial charge in [-0.2, -0.15) is 11.8 Å². The summed E-state index contributed by atoms with van der Waals surface area (Å²) in [7, 11) is 1.66. The highest BCUT2D eigenvalue weighted by Gasteiger charge is 2.24. The number of nitrogens with one attached hydrogen (secondary N) is 1. The average molecular weight is 266 g/mol. The number of thioether (sulfide) groups is 1. The molecule has 3 nitrogen and oxygen atoms in total. The van der Waals surface area contributed by atoms with Gasteiger partial charge < -0.3 is 15.8 Å². The molecule has 100 valence electrons. The van der Waals surface area contributed by atoms with E-state index in [9.17, 15) is 0 Å². The summed E-state index contributed by atoms with van der Waals surface area (Å²) in [6.45, 7) is 2.23. The number of anilines is 2. The highest BCUT2D eigenvalue weighted by molar-refractivity contribution is 7.99. The molecule has 1 aromatic rings. The third-order valence-electron chi connectivity index (χ3n) is 3.41. The summed E-state index contributed by atoms with van der Waals surface area (Å²) in [5.41, 5.74) is 7.82. The van der Waals surface area contributed by atoms with Gasteiger partial charge in [-0.05, 0) is 37.1 Å². The lowest BCUT2D eigenvalue weighted by Crippen LogP contribution is -2.17. The molecule has 0 saturated heterocycles. The van der Waals surface area contributed by atoms with Crippen molar-refractivity contribution in [3.05, 3.63) is 18.2 Å². The van der Waals surface area contributed by atoms with Crippen molar-refractivity contribution in [3.63, 3.8) is 0 Å². The number of hydrogen-bond acceptors (Lipinski definition) is 4. The van der Waals surface area contributed by atoms with E-state index in [1.165, 1.54) is 25.0 Å². The predicted molar refractivity (Wildman–Crippen MR) is 80.6 cm³/mol. The molecule has 0 spiro atoms. The van der Waals surface area contributed by atoms with Crippen LogP contribution in [-0.4, -0.2) is 24.2 Å². The van der Waals surface area contributed by atoms with Crippen LogP contribution in [0, 0.1) is 0 Å². The fourth-order valence-electron chi connectivity index (χ4n) is 2.48. The molecule has 4 heteroatoms. The molecular weight excluding hydrogens is 244 g/mol. The van der Waals surface area contributed by atoms with E-state index in [1.54, 1.807) is 7.11 Å². The lowest BCUT2D eigenvalue weighted by Gasteiger charge is -2.16. The summed E-state index contributed by atoms with van der Waals surface area (Å²) >= 11 is 2.07. The first-order valence-electron chi connectivity index (χ1n) is 6.54. The summed E-state index contributed by atoms with van der Waals surface area (Å²) in [5.74, 6) is 2.02. The third-order valence-corrected chi connectivity index (χ3v) is 4.64. The maximum atomic E-state index is 6.02. The van der Waals surface area contributed by atoms with Gasteiger partial charge in [0.05, 0.1) is 18.5 Å². The molecule has 1 saturated carbocycles. The summed E-state index contributed by atoms with van der Waals surface area (Å²) in [4.78, 5) is 0. The van der Waals surface area contributed by atoms with Crippen molar-refractivity contribution in [3.8, 4) is 5.75 Å². The van der Waals surface area contributed by atoms with Gasteiger partial charge in [0, 0.05) is 17.4 Å². The zero-order chi connectivity index (χ0) is 13.0.